The van der Waals surface area contributed by atoms with Gasteiger partial charge in [-0.15, -0.1) is 0 Å². The van der Waals surface area contributed by atoms with Crippen LogP contribution < -0.4 is 5.32 Å². The van der Waals surface area contributed by atoms with E-state index in [1.54, 1.807) is 12.1 Å². The highest BCUT2D eigenvalue weighted by atomic mass is 19.1. The van der Waals surface area contributed by atoms with E-state index < -0.39 is 28.9 Å². The van der Waals surface area contributed by atoms with Gasteiger partial charge in [0.2, 0.25) is 0 Å². The average molecular weight is 274 g/mol. The van der Waals surface area contributed by atoms with Crippen LogP contribution in [0.3, 0.4) is 0 Å². The second-order valence-corrected chi connectivity index (χ2v) is 3.94. The molecule has 100 valence electrons. The molecule has 2 rings (SSSR count). The van der Waals surface area contributed by atoms with Crippen LogP contribution in [0.25, 0.3) is 0 Å². The fraction of sp³-hybridized carbons (Fsp3) is 0. The zero-order valence-electron chi connectivity index (χ0n) is 10.0. The number of hydrogen-bond acceptors (Lipinski definition) is 3. The SMILES string of the molecule is N#Cc1cccc(Nc2c(F)cc(C(=O)O)cc2F)c1. The summed E-state index contributed by atoms with van der Waals surface area (Å²) in [4.78, 5) is 10.7. The number of anilines is 2. The van der Waals surface area contributed by atoms with Crippen LogP contribution in [0.15, 0.2) is 36.4 Å². The molecule has 0 spiro atoms. The molecule has 0 radical (unpaired) electrons. The molecule has 0 aliphatic carbocycles. The van der Waals surface area contributed by atoms with Crippen LogP contribution in [-0.4, -0.2) is 11.1 Å². The van der Waals surface area contributed by atoms with E-state index >= 15 is 0 Å². The molecule has 0 heterocycles. The number of nitriles is 1. The average Bonchev–Trinajstić information content (AvgIpc) is 2.42. The van der Waals surface area contributed by atoms with E-state index in [1.165, 1.54) is 12.1 Å². The Hall–Kier alpha value is -2.94. The molecule has 0 atom stereocenters. The summed E-state index contributed by atoms with van der Waals surface area (Å²) in [6.45, 7) is 0. The summed E-state index contributed by atoms with van der Waals surface area (Å²) in [5.74, 6) is -3.46. The van der Waals surface area contributed by atoms with Gasteiger partial charge in [0.1, 0.15) is 5.69 Å². The maximum absolute atomic E-state index is 13.7. The monoisotopic (exact) mass is 274 g/mol. The molecule has 0 bridgehead atoms. The third-order valence-electron chi connectivity index (χ3n) is 2.55. The molecular formula is C14H8F2N2O2. The highest BCUT2D eigenvalue weighted by molar-refractivity contribution is 5.88. The van der Waals surface area contributed by atoms with Gasteiger partial charge in [0.15, 0.2) is 11.6 Å². The molecule has 0 unspecified atom stereocenters. The van der Waals surface area contributed by atoms with E-state index in [2.05, 4.69) is 5.32 Å². The first kappa shape index (κ1) is 13.5. The van der Waals surface area contributed by atoms with Crippen LogP contribution in [0.2, 0.25) is 0 Å². The van der Waals surface area contributed by atoms with E-state index in [0.29, 0.717) is 11.3 Å². The molecule has 4 nitrogen and oxygen atoms in total. The summed E-state index contributed by atoms with van der Waals surface area (Å²) in [6, 6.07) is 9.41. The fourth-order valence-electron chi connectivity index (χ4n) is 1.63. The van der Waals surface area contributed by atoms with Crippen LogP contribution in [0.4, 0.5) is 20.2 Å². The number of nitrogens with one attached hydrogen (secondary N) is 1. The molecule has 2 N–H and O–H groups in total. The Morgan fingerprint density at radius 1 is 1.20 bits per heavy atom. The number of carboxylic acid groups (broad SMARTS) is 1. The standard InChI is InChI=1S/C14H8F2N2O2/c15-11-5-9(14(19)20)6-12(16)13(11)18-10-3-1-2-8(4-10)7-17/h1-6,18H,(H,19,20). The minimum Gasteiger partial charge on any atom is -0.478 e. The first-order valence-electron chi connectivity index (χ1n) is 5.51. The largest absolute Gasteiger partial charge is 0.478 e. The van der Waals surface area contributed by atoms with Crippen molar-refractivity contribution < 1.29 is 18.7 Å². The third-order valence-corrected chi connectivity index (χ3v) is 2.55. The minimum atomic E-state index is -1.42. The fourth-order valence-corrected chi connectivity index (χ4v) is 1.63. The number of carboxylic acids is 1. The van der Waals surface area contributed by atoms with Crippen molar-refractivity contribution in [3.63, 3.8) is 0 Å². The second-order valence-electron chi connectivity index (χ2n) is 3.94. The third kappa shape index (κ3) is 2.72. The van der Waals surface area contributed by atoms with Gasteiger partial charge in [-0.2, -0.15) is 5.26 Å². The van der Waals surface area contributed by atoms with Crippen molar-refractivity contribution in [3.8, 4) is 6.07 Å². The lowest BCUT2D eigenvalue weighted by molar-refractivity contribution is 0.0696. The van der Waals surface area contributed by atoms with E-state index in [4.69, 9.17) is 10.4 Å². The molecule has 2 aromatic rings. The number of aromatic carboxylic acids is 1. The Balaban J connectivity index is 2.39. The molecule has 2 aromatic carbocycles. The first-order valence-corrected chi connectivity index (χ1v) is 5.51. The maximum Gasteiger partial charge on any atom is 0.335 e. The zero-order valence-corrected chi connectivity index (χ0v) is 10.0. The molecule has 0 aliphatic rings. The lowest BCUT2D eigenvalue weighted by atomic mass is 10.1. The molecule has 0 aliphatic heterocycles. The summed E-state index contributed by atoms with van der Waals surface area (Å²) in [7, 11) is 0. The van der Waals surface area contributed by atoms with Gasteiger partial charge < -0.3 is 10.4 Å². The van der Waals surface area contributed by atoms with Gasteiger partial charge in [-0.05, 0) is 30.3 Å². The van der Waals surface area contributed by atoms with Crippen LogP contribution in [-0.2, 0) is 0 Å². The summed E-state index contributed by atoms with van der Waals surface area (Å²) in [5.41, 5.74) is -0.288. The smallest absolute Gasteiger partial charge is 0.335 e. The molecule has 0 amide bonds. The van der Waals surface area contributed by atoms with Crippen LogP contribution in [0, 0.1) is 23.0 Å². The molecule has 0 aromatic heterocycles. The van der Waals surface area contributed by atoms with Gasteiger partial charge in [0.05, 0.1) is 17.2 Å². The number of nitrogens with zero attached hydrogens (tertiary/aromatic N) is 1. The van der Waals surface area contributed by atoms with Gasteiger partial charge in [-0.25, -0.2) is 13.6 Å². The van der Waals surface area contributed by atoms with E-state index in [1.807, 2.05) is 6.07 Å². The predicted molar refractivity (Wildman–Crippen MR) is 67.8 cm³/mol. The molecule has 0 saturated heterocycles. The van der Waals surface area contributed by atoms with Crippen molar-refractivity contribution in [1.82, 2.24) is 0 Å². The quantitative estimate of drug-likeness (QED) is 0.900. The van der Waals surface area contributed by atoms with E-state index in [9.17, 15) is 13.6 Å². The van der Waals surface area contributed by atoms with E-state index in [0.717, 1.165) is 12.1 Å². The van der Waals surface area contributed by atoms with Crippen molar-refractivity contribution >= 4 is 17.3 Å². The number of rotatable bonds is 3. The number of hydrogen-bond donors (Lipinski definition) is 2. The molecule has 20 heavy (non-hydrogen) atoms. The first-order chi connectivity index (χ1) is 9.51. The van der Waals surface area contributed by atoms with Crippen LogP contribution in [0.5, 0.6) is 0 Å². The predicted octanol–water partition coefficient (Wildman–Crippen LogP) is 3.28. The van der Waals surface area contributed by atoms with Crippen molar-refractivity contribution in [2.24, 2.45) is 0 Å². The normalized spacial score (nSPS) is 9.85. The summed E-state index contributed by atoms with van der Waals surface area (Å²) >= 11 is 0. The summed E-state index contributed by atoms with van der Waals surface area (Å²) in [6.07, 6.45) is 0. The van der Waals surface area contributed by atoms with Crippen LogP contribution >= 0.6 is 0 Å². The van der Waals surface area contributed by atoms with Gasteiger partial charge in [-0.3, -0.25) is 0 Å². The lowest BCUT2D eigenvalue weighted by Crippen LogP contribution is -2.03. The van der Waals surface area contributed by atoms with Crippen molar-refractivity contribution in [3.05, 3.63) is 59.2 Å². The van der Waals surface area contributed by atoms with Gasteiger partial charge in [0.25, 0.3) is 0 Å². The number of halogens is 2. The molecule has 0 fully saturated rings. The molecular weight excluding hydrogens is 266 g/mol. The maximum atomic E-state index is 13.7. The summed E-state index contributed by atoms with van der Waals surface area (Å²) in [5, 5.41) is 19.9. The van der Waals surface area contributed by atoms with Crippen molar-refractivity contribution in [2.45, 2.75) is 0 Å². The lowest BCUT2D eigenvalue weighted by Gasteiger charge is -2.09. The van der Waals surface area contributed by atoms with Gasteiger partial charge >= 0.3 is 5.97 Å². The Labute approximate surface area is 112 Å². The Morgan fingerprint density at radius 2 is 1.85 bits per heavy atom. The highest BCUT2D eigenvalue weighted by Crippen LogP contribution is 2.25. The van der Waals surface area contributed by atoms with Crippen LogP contribution in [0.1, 0.15) is 15.9 Å². The highest BCUT2D eigenvalue weighted by Gasteiger charge is 2.14. The minimum absolute atomic E-state index is 0.324. The Kier molecular flexibility index (Phi) is 3.62. The number of benzene rings is 2. The van der Waals surface area contributed by atoms with Gasteiger partial charge in [0, 0.05) is 5.69 Å². The van der Waals surface area contributed by atoms with Crippen molar-refractivity contribution in [2.75, 3.05) is 5.32 Å². The van der Waals surface area contributed by atoms with E-state index in [-0.39, 0.29) is 0 Å². The van der Waals surface area contributed by atoms with Gasteiger partial charge in [-0.1, -0.05) is 6.07 Å². The topological polar surface area (TPSA) is 73.1 Å². The molecule has 0 saturated carbocycles. The zero-order chi connectivity index (χ0) is 14.7. The van der Waals surface area contributed by atoms with Crippen molar-refractivity contribution in [1.29, 1.82) is 5.26 Å². The number of carbonyl (C=O) groups is 1. The Morgan fingerprint density at radius 3 is 2.40 bits per heavy atom. The second kappa shape index (κ2) is 5.36. The Bertz CT molecular complexity index is 700. The summed E-state index contributed by atoms with van der Waals surface area (Å²) < 4.78 is 27.4. The molecule has 6 heteroatoms.